The number of ether oxygens (including phenoxy) is 4. The molecule has 2 N–H and O–H groups in total. The topological polar surface area (TPSA) is 86.2 Å². The highest BCUT2D eigenvalue weighted by atomic mass is 16.8. The SMILES string of the molecule is C=CCc1ccccc1OC1OC2COC(C)(C)OC2C(O)C1NC(C)=O. The van der Waals surface area contributed by atoms with Crippen molar-refractivity contribution < 1.29 is 28.8 Å². The lowest BCUT2D eigenvalue weighted by Crippen LogP contribution is -2.69. The van der Waals surface area contributed by atoms with E-state index in [2.05, 4.69) is 11.9 Å². The van der Waals surface area contributed by atoms with Crippen LogP contribution >= 0.6 is 0 Å². The molecule has 2 aliphatic heterocycles. The zero-order chi connectivity index (χ0) is 19.6. The minimum Gasteiger partial charge on any atom is -0.462 e. The van der Waals surface area contributed by atoms with Gasteiger partial charge < -0.3 is 29.4 Å². The second-order valence-corrected chi connectivity index (χ2v) is 7.27. The molecule has 2 saturated heterocycles. The molecule has 1 amide bonds. The van der Waals surface area contributed by atoms with Crippen LogP contribution in [0.2, 0.25) is 0 Å². The number of aliphatic hydroxyl groups is 1. The minimum atomic E-state index is -1.01. The van der Waals surface area contributed by atoms with Crippen molar-refractivity contribution in [1.29, 1.82) is 0 Å². The van der Waals surface area contributed by atoms with Crippen molar-refractivity contribution >= 4 is 5.91 Å². The number of fused-ring (bicyclic) bond motifs is 1. The first-order chi connectivity index (χ1) is 12.8. The Labute approximate surface area is 159 Å². The van der Waals surface area contributed by atoms with Crippen molar-refractivity contribution in [3.05, 3.63) is 42.5 Å². The van der Waals surface area contributed by atoms with Gasteiger partial charge in [-0.3, -0.25) is 4.79 Å². The third kappa shape index (κ3) is 4.50. The Morgan fingerprint density at radius 3 is 2.89 bits per heavy atom. The Kier molecular flexibility index (Phi) is 5.86. The van der Waals surface area contributed by atoms with E-state index in [1.54, 1.807) is 19.9 Å². The minimum absolute atomic E-state index is 0.260. The predicted octanol–water partition coefficient (Wildman–Crippen LogP) is 1.54. The van der Waals surface area contributed by atoms with Crippen LogP contribution < -0.4 is 10.1 Å². The molecular formula is C20H27NO6. The number of carbonyl (C=O) groups excluding carboxylic acids is 1. The zero-order valence-electron chi connectivity index (χ0n) is 15.9. The van der Waals surface area contributed by atoms with Crippen LogP contribution in [0.1, 0.15) is 26.3 Å². The third-order valence-electron chi connectivity index (χ3n) is 4.64. The van der Waals surface area contributed by atoms with Gasteiger partial charge in [-0.25, -0.2) is 0 Å². The summed E-state index contributed by atoms with van der Waals surface area (Å²) in [5.41, 5.74) is 0.937. The van der Waals surface area contributed by atoms with Crippen LogP contribution in [0.15, 0.2) is 36.9 Å². The van der Waals surface area contributed by atoms with Crippen molar-refractivity contribution in [2.45, 2.75) is 63.6 Å². The molecule has 0 aromatic heterocycles. The Morgan fingerprint density at radius 1 is 1.44 bits per heavy atom. The van der Waals surface area contributed by atoms with Crippen molar-refractivity contribution in [1.82, 2.24) is 5.32 Å². The maximum atomic E-state index is 11.7. The van der Waals surface area contributed by atoms with Gasteiger partial charge in [0.05, 0.1) is 6.61 Å². The normalized spacial score (nSPS) is 32.2. The van der Waals surface area contributed by atoms with Gasteiger partial charge in [-0.05, 0) is 31.9 Å². The van der Waals surface area contributed by atoms with Crippen molar-refractivity contribution in [2.75, 3.05) is 6.61 Å². The Morgan fingerprint density at radius 2 is 2.19 bits per heavy atom. The van der Waals surface area contributed by atoms with E-state index in [1.807, 2.05) is 24.3 Å². The molecule has 5 atom stereocenters. The Hall–Kier alpha value is -1.93. The molecule has 2 aliphatic rings. The largest absolute Gasteiger partial charge is 0.462 e. The van der Waals surface area contributed by atoms with Gasteiger partial charge in [0.25, 0.3) is 0 Å². The number of rotatable bonds is 5. The summed E-state index contributed by atoms with van der Waals surface area (Å²) in [7, 11) is 0. The quantitative estimate of drug-likeness (QED) is 0.757. The molecule has 3 rings (SSSR count). The van der Waals surface area contributed by atoms with Crippen molar-refractivity contribution in [2.24, 2.45) is 0 Å². The van der Waals surface area contributed by atoms with Gasteiger partial charge in [0.15, 0.2) is 5.79 Å². The summed E-state index contributed by atoms with van der Waals surface area (Å²) in [6.45, 7) is 8.96. The number of allylic oxidation sites excluding steroid dienone is 1. The van der Waals surface area contributed by atoms with E-state index in [9.17, 15) is 9.90 Å². The summed E-state index contributed by atoms with van der Waals surface area (Å²) >= 11 is 0. The van der Waals surface area contributed by atoms with E-state index in [1.165, 1.54) is 6.92 Å². The number of nitrogens with one attached hydrogen (secondary N) is 1. The second kappa shape index (κ2) is 7.98. The molecule has 0 radical (unpaired) electrons. The molecule has 2 fully saturated rings. The first kappa shape index (κ1) is 19.8. The van der Waals surface area contributed by atoms with E-state index < -0.39 is 36.4 Å². The van der Waals surface area contributed by atoms with Crippen molar-refractivity contribution in [3.63, 3.8) is 0 Å². The van der Waals surface area contributed by atoms with Gasteiger partial charge in [-0.2, -0.15) is 0 Å². The highest BCUT2D eigenvalue weighted by Gasteiger charge is 2.52. The molecule has 0 saturated carbocycles. The molecule has 1 aromatic carbocycles. The fourth-order valence-electron chi connectivity index (χ4n) is 3.40. The first-order valence-electron chi connectivity index (χ1n) is 9.08. The van der Waals surface area contributed by atoms with Gasteiger partial charge >= 0.3 is 0 Å². The van der Waals surface area contributed by atoms with Gasteiger partial charge in [-0.1, -0.05) is 24.3 Å². The molecule has 7 heteroatoms. The van der Waals surface area contributed by atoms with Crippen LogP contribution in [0.4, 0.5) is 0 Å². The molecule has 7 nitrogen and oxygen atoms in total. The summed E-state index contributed by atoms with van der Waals surface area (Å²) in [6.07, 6.45) is -0.617. The monoisotopic (exact) mass is 377 g/mol. The predicted molar refractivity (Wildman–Crippen MR) is 98.1 cm³/mol. The maximum Gasteiger partial charge on any atom is 0.223 e. The van der Waals surface area contributed by atoms with E-state index >= 15 is 0 Å². The second-order valence-electron chi connectivity index (χ2n) is 7.27. The van der Waals surface area contributed by atoms with Crippen LogP contribution in [0, 0.1) is 0 Å². The number of hydrogen-bond donors (Lipinski definition) is 2. The van der Waals surface area contributed by atoms with Crippen LogP contribution in [0.5, 0.6) is 5.75 Å². The fourth-order valence-corrected chi connectivity index (χ4v) is 3.40. The molecule has 0 spiro atoms. The summed E-state index contributed by atoms with van der Waals surface area (Å²) < 4.78 is 23.6. The summed E-state index contributed by atoms with van der Waals surface area (Å²) in [5, 5.41) is 13.6. The van der Waals surface area contributed by atoms with E-state index in [0.29, 0.717) is 12.2 Å². The smallest absolute Gasteiger partial charge is 0.223 e. The average Bonchev–Trinajstić information content (AvgIpc) is 2.60. The van der Waals surface area contributed by atoms with E-state index in [4.69, 9.17) is 18.9 Å². The van der Waals surface area contributed by atoms with Gasteiger partial charge in [-0.15, -0.1) is 6.58 Å². The third-order valence-corrected chi connectivity index (χ3v) is 4.64. The summed E-state index contributed by atoms with van der Waals surface area (Å²) in [5.74, 6) is -0.516. The molecular weight excluding hydrogens is 350 g/mol. The number of amides is 1. The fraction of sp³-hybridized carbons (Fsp3) is 0.550. The summed E-state index contributed by atoms with van der Waals surface area (Å²) in [6, 6.07) is 6.74. The summed E-state index contributed by atoms with van der Waals surface area (Å²) in [4.78, 5) is 11.7. The molecule has 5 unspecified atom stereocenters. The number of carbonyl (C=O) groups is 1. The lowest BCUT2D eigenvalue weighted by Gasteiger charge is -2.49. The average molecular weight is 377 g/mol. The van der Waals surface area contributed by atoms with Gasteiger partial charge in [0.1, 0.15) is 30.1 Å². The van der Waals surface area contributed by atoms with Crippen LogP contribution in [-0.2, 0) is 25.4 Å². The van der Waals surface area contributed by atoms with Crippen LogP contribution in [0.25, 0.3) is 0 Å². The molecule has 1 aromatic rings. The molecule has 2 heterocycles. The number of benzene rings is 1. The Bertz CT molecular complexity index is 691. The lowest BCUT2D eigenvalue weighted by molar-refractivity contribution is -0.361. The van der Waals surface area contributed by atoms with E-state index in [-0.39, 0.29) is 12.5 Å². The van der Waals surface area contributed by atoms with Gasteiger partial charge in [0.2, 0.25) is 12.2 Å². The van der Waals surface area contributed by atoms with Crippen LogP contribution in [0.3, 0.4) is 0 Å². The Balaban J connectivity index is 1.85. The lowest BCUT2D eigenvalue weighted by atomic mass is 9.95. The van der Waals surface area contributed by atoms with Crippen molar-refractivity contribution in [3.8, 4) is 5.75 Å². The molecule has 0 bridgehead atoms. The maximum absolute atomic E-state index is 11.7. The van der Waals surface area contributed by atoms with Gasteiger partial charge in [0, 0.05) is 6.92 Å². The van der Waals surface area contributed by atoms with E-state index in [0.717, 1.165) is 5.56 Å². The standard InChI is InChI=1S/C20H27NO6/c1-5-8-13-9-6-7-10-14(13)25-19-16(21-12(2)22)17(23)18-15(26-19)11-24-20(3,4)27-18/h5-7,9-10,15-19,23H,1,8,11H2,2-4H3,(H,21,22). The zero-order valence-corrected chi connectivity index (χ0v) is 15.9. The highest BCUT2D eigenvalue weighted by Crippen LogP contribution is 2.34. The van der Waals surface area contributed by atoms with Crippen LogP contribution in [-0.4, -0.2) is 54.1 Å². The molecule has 0 aliphatic carbocycles. The molecule has 148 valence electrons. The number of hydrogen-bond acceptors (Lipinski definition) is 6. The number of aliphatic hydroxyl groups excluding tert-OH is 1. The molecule has 27 heavy (non-hydrogen) atoms. The number of para-hydroxylation sites is 1. The highest BCUT2D eigenvalue weighted by molar-refractivity contribution is 5.73. The first-order valence-corrected chi connectivity index (χ1v) is 9.08.